The molecular weight excluding hydrogens is 257 g/mol. The molecule has 0 bridgehead atoms. The molecule has 1 heterocycles. The summed E-state index contributed by atoms with van der Waals surface area (Å²) in [4.78, 5) is 15.0. The van der Waals surface area contributed by atoms with Crippen molar-refractivity contribution in [2.45, 2.75) is 19.5 Å². The molecule has 0 aromatic carbocycles. The lowest BCUT2D eigenvalue weighted by atomic mass is 10.4. The van der Waals surface area contributed by atoms with Crippen molar-refractivity contribution in [1.29, 1.82) is 0 Å². The number of thiazole rings is 1. The highest BCUT2D eigenvalue weighted by atomic mass is 32.1. The van der Waals surface area contributed by atoms with Crippen LogP contribution in [0.25, 0.3) is 0 Å². The number of alkyl halides is 3. The fraction of sp³-hybridized carbons (Fsp3) is 0.556. The molecule has 17 heavy (non-hydrogen) atoms. The van der Waals surface area contributed by atoms with E-state index in [-0.39, 0.29) is 6.54 Å². The third kappa shape index (κ3) is 6.10. The molecule has 0 radical (unpaired) electrons. The number of carbonyl (C=O) groups is 1. The zero-order chi connectivity index (χ0) is 12.9. The van der Waals surface area contributed by atoms with Gasteiger partial charge in [0, 0.05) is 24.0 Å². The van der Waals surface area contributed by atoms with E-state index in [4.69, 9.17) is 0 Å². The van der Waals surface area contributed by atoms with E-state index in [0.717, 1.165) is 10.7 Å². The van der Waals surface area contributed by atoms with Gasteiger partial charge in [-0.15, -0.1) is 11.3 Å². The van der Waals surface area contributed by atoms with E-state index in [1.165, 1.54) is 11.3 Å². The Kier molecular flexibility index (Phi) is 4.73. The van der Waals surface area contributed by atoms with Crippen LogP contribution in [-0.2, 0) is 11.2 Å². The largest absolute Gasteiger partial charge is 0.440 e. The van der Waals surface area contributed by atoms with Gasteiger partial charge in [-0.3, -0.25) is 0 Å². The number of ether oxygens (including phenoxy) is 1. The molecule has 1 rings (SSSR count). The van der Waals surface area contributed by atoms with Gasteiger partial charge in [-0.1, -0.05) is 0 Å². The minimum atomic E-state index is -4.50. The van der Waals surface area contributed by atoms with Crippen molar-refractivity contribution in [2.24, 2.45) is 0 Å². The van der Waals surface area contributed by atoms with E-state index in [1.807, 2.05) is 12.3 Å². The van der Waals surface area contributed by atoms with Gasteiger partial charge in [-0.2, -0.15) is 13.2 Å². The summed E-state index contributed by atoms with van der Waals surface area (Å²) < 4.78 is 39.0. The average Bonchev–Trinajstić information content (AvgIpc) is 2.60. The van der Waals surface area contributed by atoms with Crippen molar-refractivity contribution in [2.75, 3.05) is 13.2 Å². The molecule has 96 valence electrons. The van der Waals surface area contributed by atoms with Gasteiger partial charge in [-0.05, 0) is 6.92 Å². The summed E-state index contributed by atoms with van der Waals surface area (Å²) in [5.41, 5.74) is 0.879. The summed E-state index contributed by atoms with van der Waals surface area (Å²) in [7, 11) is 0. The van der Waals surface area contributed by atoms with Crippen LogP contribution in [0, 0.1) is 6.92 Å². The van der Waals surface area contributed by atoms with Gasteiger partial charge in [0.15, 0.2) is 6.61 Å². The van der Waals surface area contributed by atoms with Gasteiger partial charge in [0.25, 0.3) is 0 Å². The molecule has 0 fully saturated rings. The van der Waals surface area contributed by atoms with Crippen LogP contribution >= 0.6 is 11.3 Å². The second-order valence-corrected chi connectivity index (χ2v) is 4.19. The number of hydrogen-bond donors (Lipinski definition) is 1. The Morgan fingerprint density at radius 2 is 2.29 bits per heavy atom. The first-order chi connectivity index (χ1) is 7.87. The second-order valence-electron chi connectivity index (χ2n) is 3.25. The molecule has 0 aliphatic carbocycles. The van der Waals surface area contributed by atoms with Crippen LogP contribution in [0.3, 0.4) is 0 Å². The van der Waals surface area contributed by atoms with Crippen LogP contribution in [0.2, 0.25) is 0 Å². The standard InChI is InChI=1S/C9H11F3N2O2S/c1-6-4-17-7(14-6)2-3-13-8(15)16-5-9(10,11)12/h4H,2-3,5H2,1H3,(H,13,15). The summed E-state index contributed by atoms with van der Waals surface area (Å²) in [5, 5.41) is 4.90. The van der Waals surface area contributed by atoms with E-state index >= 15 is 0 Å². The molecule has 0 saturated carbocycles. The van der Waals surface area contributed by atoms with Crippen LogP contribution in [-0.4, -0.2) is 30.4 Å². The number of alkyl carbamates (subject to hydrolysis) is 1. The van der Waals surface area contributed by atoms with Crippen molar-refractivity contribution in [3.8, 4) is 0 Å². The molecule has 0 aliphatic rings. The molecule has 4 nitrogen and oxygen atoms in total. The Morgan fingerprint density at radius 3 is 2.82 bits per heavy atom. The molecule has 0 aliphatic heterocycles. The van der Waals surface area contributed by atoms with Crippen LogP contribution in [0.4, 0.5) is 18.0 Å². The van der Waals surface area contributed by atoms with E-state index in [1.54, 1.807) is 0 Å². The van der Waals surface area contributed by atoms with E-state index in [0.29, 0.717) is 6.42 Å². The minimum Gasteiger partial charge on any atom is -0.440 e. The number of aromatic nitrogens is 1. The highest BCUT2D eigenvalue weighted by Crippen LogP contribution is 2.14. The number of rotatable bonds is 4. The fourth-order valence-electron chi connectivity index (χ4n) is 0.987. The Bertz CT molecular complexity index is 379. The summed E-state index contributed by atoms with van der Waals surface area (Å²) >= 11 is 1.44. The summed E-state index contributed by atoms with van der Waals surface area (Å²) in [5.74, 6) is 0. The lowest BCUT2D eigenvalue weighted by Gasteiger charge is -2.08. The van der Waals surface area contributed by atoms with Crippen molar-refractivity contribution >= 4 is 17.4 Å². The zero-order valence-electron chi connectivity index (χ0n) is 9.00. The minimum absolute atomic E-state index is 0.198. The lowest BCUT2D eigenvalue weighted by molar-refractivity contribution is -0.160. The SMILES string of the molecule is Cc1csc(CCNC(=O)OCC(F)(F)F)n1. The maximum atomic E-state index is 11.7. The van der Waals surface area contributed by atoms with Crippen molar-refractivity contribution < 1.29 is 22.7 Å². The summed E-state index contributed by atoms with van der Waals surface area (Å²) in [6, 6.07) is 0. The second kappa shape index (κ2) is 5.85. The highest BCUT2D eigenvalue weighted by Gasteiger charge is 2.29. The predicted molar refractivity (Wildman–Crippen MR) is 56.0 cm³/mol. The molecule has 1 aromatic heterocycles. The van der Waals surface area contributed by atoms with E-state index in [9.17, 15) is 18.0 Å². The molecule has 0 atom stereocenters. The smallest absolute Gasteiger partial charge is 0.422 e. The fourth-order valence-corrected chi connectivity index (χ4v) is 1.76. The molecular formula is C9H11F3N2O2S. The first kappa shape index (κ1) is 13.8. The van der Waals surface area contributed by atoms with Crippen molar-refractivity contribution in [3.63, 3.8) is 0 Å². The normalized spacial score (nSPS) is 11.3. The number of nitrogens with one attached hydrogen (secondary N) is 1. The van der Waals surface area contributed by atoms with Crippen LogP contribution in [0.5, 0.6) is 0 Å². The van der Waals surface area contributed by atoms with E-state index in [2.05, 4.69) is 15.0 Å². The molecule has 0 spiro atoms. The predicted octanol–water partition coefficient (Wildman–Crippen LogP) is 2.28. The van der Waals surface area contributed by atoms with Crippen LogP contribution in [0.15, 0.2) is 5.38 Å². The zero-order valence-corrected chi connectivity index (χ0v) is 9.82. The monoisotopic (exact) mass is 268 g/mol. The number of carbonyl (C=O) groups excluding carboxylic acids is 1. The summed E-state index contributed by atoms with van der Waals surface area (Å²) in [6.07, 6.45) is -5.10. The Balaban J connectivity index is 2.16. The van der Waals surface area contributed by atoms with Gasteiger partial charge >= 0.3 is 12.3 Å². The third-order valence-electron chi connectivity index (χ3n) is 1.64. The molecule has 1 amide bonds. The first-order valence-electron chi connectivity index (χ1n) is 4.75. The van der Waals surface area contributed by atoms with Crippen LogP contribution in [0.1, 0.15) is 10.7 Å². The molecule has 1 aromatic rings. The maximum Gasteiger partial charge on any atom is 0.422 e. The lowest BCUT2D eigenvalue weighted by Crippen LogP contribution is -2.30. The van der Waals surface area contributed by atoms with Crippen molar-refractivity contribution in [3.05, 3.63) is 16.1 Å². The maximum absolute atomic E-state index is 11.7. The molecule has 8 heteroatoms. The van der Waals surface area contributed by atoms with Crippen molar-refractivity contribution in [1.82, 2.24) is 10.3 Å². The topological polar surface area (TPSA) is 51.2 Å². The molecule has 1 N–H and O–H groups in total. The Morgan fingerprint density at radius 1 is 1.59 bits per heavy atom. The van der Waals surface area contributed by atoms with Crippen LogP contribution < -0.4 is 5.32 Å². The van der Waals surface area contributed by atoms with E-state index < -0.39 is 18.9 Å². The average molecular weight is 268 g/mol. The highest BCUT2D eigenvalue weighted by molar-refractivity contribution is 7.09. The van der Waals surface area contributed by atoms with Gasteiger partial charge in [-0.25, -0.2) is 9.78 Å². The number of aryl methyl sites for hydroxylation is 1. The quantitative estimate of drug-likeness (QED) is 0.911. The Labute approximate surface area is 99.8 Å². The molecule has 0 unspecified atom stereocenters. The number of halogens is 3. The third-order valence-corrected chi connectivity index (χ3v) is 2.67. The van der Waals surface area contributed by atoms with Gasteiger partial charge < -0.3 is 10.1 Å². The number of amides is 1. The Hall–Kier alpha value is -1.31. The molecule has 0 saturated heterocycles. The number of nitrogens with zero attached hydrogens (tertiary/aromatic N) is 1. The first-order valence-corrected chi connectivity index (χ1v) is 5.63. The van der Waals surface area contributed by atoms with Gasteiger partial charge in [0.05, 0.1) is 5.01 Å². The van der Waals surface area contributed by atoms with Gasteiger partial charge in [0.1, 0.15) is 0 Å². The summed E-state index contributed by atoms with van der Waals surface area (Å²) in [6.45, 7) is 0.462. The number of hydrogen-bond acceptors (Lipinski definition) is 4. The van der Waals surface area contributed by atoms with Gasteiger partial charge in [0.2, 0.25) is 0 Å².